The van der Waals surface area contributed by atoms with Crippen LogP contribution in [0, 0.1) is 0 Å². The van der Waals surface area contributed by atoms with Gasteiger partial charge in [-0.1, -0.05) is 103 Å². The molecule has 0 heterocycles. The average molecular weight is 377 g/mol. The first kappa shape index (κ1) is 24.7. The molecule has 1 atom stereocenters. The van der Waals surface area contributed by atoms with E-state index < -0.39 is 11.4 Å². The largest absolute Gasteiger partial charge is 0.305 e. The first-order chi connectivity index (χ1) is 12.3. The van der Waals surface area contributed by atoms with Gasteiger partial charge in [-0.15, -0.1) is 0 Å². The molecule has 0 saturated heterocycles. The van der Waals surface area contributed by atoms with Crippen molar-refractivity contribution in [2.24, 2.45) is 0 Å². The standard InChI is InChI=1S/C20H40O4S/c1-2-3-4-5-6-7-8-9-10-11-12-13-14-15-16-17-19-23-25(22)24-20-18-21/h18H,2-17,19-20H2,1H3. The number of hydrogen-bond donors (Lipinski definition) is 0. The van der Waals surface area contributed by atoms with E-state index in [0.717, 1.165) is 12.8 Å². The van der Waals surface area contributed by atoms with Crippen LogP contribution in [0.1, 0.15) is 110 Å². The molecule has 5 heteroatoms. The Kier molecular flexibility index (Phi) is 21.6. The quantitative estimate of drug-likeness (QED) is 0.180. The van der Waals surface area contributed by atoms with Crippen LogP contribution in [0.3, 0.4) is 0 Å². The zero-order chi connectivity index (χ0) is 18.4. The Balaban J connectivity index is 3.05. The molecule has 0 aromatic carbocycles. The van der Waals surface area contributed by atoms with E-state index in [1.807, 2.05) is 0 Å². The molecule has 0 aromatic heterocycles. The lowest BCUT2D eigenvalue weighted by molar-refractivity contribution is -0.109. The molecule has 0 radical (unpaired) electrons. The summed E-state index contributed by atoms with van der Waals surface area (Å²) in [5.41, 5.74) is 0. The fourth-order valence-corrected chi connectivity index (χ4v) is 3.38. The highest BCUT2D eigenvalue weighted by molar-refractivity contribution is 7.75. The van der Waals surface area contributed by atoms with Crippen molar-refractivity contribution in [3.63, 3.8) is 0 Å². The van der Waals surface area contributed by atoms with Gasteiger partial charge in [0.25, 0.3) is 0 Å². The maximum absolute atomic E-state index is 11.1. The summed E-state index contributed by atoms with van der Waals surface area (Å²) in [6.07, 6.45) is 21.8. The van der Waals surface area contributed by atoms with Crippen molar-refractivity contribution in [3.05, 3.63) is 0 Å². The van der Waals surface area contributed by atoms with Gasteiger partial charge in [0.1, 0.15) is 12.9 Å². The molecule has 1 unspecified atom stereocenters. The Morgan fingerprint density at radius 2 is 1.04 bits per heavy atom. The van der Waals surface area contributed by atoms with E-state index in [0.29, 0.717) is 12.9 Å². The molecule has 0 N–H and O–H groups in total. The maximum Gasteiger partial charge on any atom is 0.305 e. The van der Waals surface area contributed by atoms with Crippen LogP contribution in [0.15, 0.2) is 0 Å². The number of carbonyl (C=O) groups excluding carboxylic acids is 1. The first-order valence-electron chi connectivity index (χ1n) is 10.4. The smallest absolute Gasteiger partial charge is 0.301 e. The van der Waals surface area contributed by atoms with Gasteiger partial charge in [-0.25, -0.2) is 0 Å². The fraction of sp³-hybridized carbons (Fsp3) is 0.950. The van der Waals surface area contributed by atoms with Crippen molar-refractivity contribution in [1.82, 2.24) is 0 Å². The molecular weight excluding hydrogens is 336 g/mol. The lowest BCUT2D eigenvalue weighted by atomic mass is 10.0. The summed E-state index contributed by atoms with van der Waals surface area (Å²) < 4.78 is 20.6. The van der Waals surface area contributed by atoms with Crippen molar-refractivity contribution in [3.8, 4) is 0 Å². The molecule has 0 aliphatic carbocycles. The minimum Gasteiger partial charge on any atom is -0.301 e. The summed E-state index contributed by atoms with van der Waals surface area (Å²) in [5.74, 6) is 0. The van der Waals surface area contributed by atoms with Crippen LogP contribution in [0.2, 0.25) is 0 Å². The Bertz CT molecular complexity index is 297. The van der Waals surface area contributed by atoms with Crippen molar-refractivity contribution < 1.29 is 17.4 Å². The zero-order valence-corrected chi connectivity index (χ0v) is 17.2. The van der Waals surface area contributed by atoms with Crippen LogP contribution in [0.4, 0.5) is 0 Å². The van der Waals surface area contributed by atoms with Crippen molar-refractivity contribution >= 4 is 17.6 Å². The van der Waals surface area contributed by atoms with Gasteiger partial charge in [-0.05, 0) is 6.42 Å². The second kappa shape index (κ2) is 21.8. The van der Waals surface area contributed by atoms with Gasteiger partial charge in [0, 0.05) is 0 Å². The second-order valence-electron chi connectivity index (χ2n) is 6.78. The summed E-state index contributed by atoms with van der Waals surface area (Å²) in [6.45, 7) is 2.53. The van der Waals surface area contributed by atoms with Crippen LogP contribution in [0.5, 0.6) is 0 Å². The molecule has 0 aliphatic heterocycles. The van der Waals surface area contributed by atoms with Gasteiger partial charge in [0.05, 0.1) is 6.61 Å². The Morgan fingerprint density at radius 1 is 0.640 bits per heavy atom. The van der Waals surface area contributed by atoms with Crippen LogP contribution < -0.4 is 0 Å². The van der Waals surface area contributed by atoms with Crippen molar-refractivity contribution in [2.75, 3.05) is 13.2 Å². The molecule has 0 fully saturated rings. The maximum atomic E-state index is 11.1. The minimum atomic E-state index is -1.77. The average Bonchev–Trinajstić information content (AvgIpc) is 2.62. The van der Waals surface area contributed by atoms with Gasteiger partial charge in [-0.2, -0.15) is 4.21 Å². The topological polar surface area (TPSA) is 52.6 Å². The second-order valence-corrected chi connectivity index (χ2v) is 7.66. The SMILES string of the molecule is CCCCCCCCCCCCCCCCCCOS(=O)OCC=O. The van der Waals surface area contributed by atoms with Crippen molar-refractivity contribution in [2.45, 2.75) is 110 Å². The van der Waals surface area contributed by atoms with E-state index in [1.165, 1.54) is 89.9 Å². The molecule has 0 amide bonds. The Hall–Kier alpha value is -0.260. The molecule has 0 bridgehead atoms. The van der Waals surface area contributed by atoms with E-state index in [1.54, 1.807) is 0 Å². The fourth-order valence-electron chi connectivity index (χ4n) is 2.89. The number of carbonyl (C=O) groups is 1. The summed E-state index contributed by atoms with van der Waals surface area (Å²) in [7, 11) is 0. The normalized spacial score (nSPS) is 12.4. The molecule has 150 valence electrons. The van der Waals surface area contributed by atoms with Crippen LogP contribution in [0.25, 0.3) is 0 Å². The number of unbranched alkanes of at least 4 members (excludes halogenated alkanes) is 15. The summed E-state index contributed by atoms with van der Waals surface area (Å²) in [6, 6.07) is 0. The lowest BCUT2D eigenvalue weighted by Gasteiger charge is -2.04. The van der Waals surface area contributed by atoms with Crippen LogP contribution in [-0.2, 0) is 24.5 Å². The third-order valence-electron chi connectivity index (χ3n) is 4.41. The Labute approximate surface area is 158 Å². The van der Waals surface area contributed by atoms with E-state index in [4.69, 9.17) is 4.18 Å². The molecule has 0 rings (SSSR count). The molecule has 0 aliphatic rings. The highest BCUT2D eigenvalue weighted by atomic mass is 32.2. The van der Waals surface area contributed by atoms with Gasteiger partial charge in [0.2, 0.25) is 0 Å². The highest BCUT2D eigenvalue weighted by Gasteiger charge is 2.00. The van der Waals surface area contributed by atoms with Crippen LogP contribution in [-0.4, -0.2) is 23.7 Å². The van der Waals surface area contributed by atoms with Gasteiger partial charge in [-0.3, -0.25) is 8.37 Å². The molecule has 0 spiro atoms. The lowest BCUT2D eigenvalue weighted by Crippen LogP contribution is -2.05. The molecule has 0 saturated carbocycles. The summed E-state index contributed by atoms with van der Waals surface area (Å²) >= 11 is -1.77. The predicted octanol–water partition coefficient (Wildman–Crippen LogP) is 6.06. The van der Waals surface area contributed by atoms with Gasteiger partial charge in [0.15, 0.2) is 0 Å². The van der Waals surface area contributed by atoms with E-state index in [2.05, 4.69) is 11.1 Å². The zero-order valence-electron chi connectivity index (χ0n) is 16.3. The molecule has 25 heavy (non-hydrogen) atoms. The summed E-state index contributed by atoms with van der Waals surface area (Å²) in [5, 5.41) is 0. The third-order valence-corrected chi connectivity index (χ3v) is 5.10. The number of hydrogen-bond acceptors (Lipinski definition) is 4. The third kappa shape index (κ3) is 21.7. The molecular formula is C20H40O4S. The van der Waals surface area contributed by atoms with Gasteiger partial charge < -0.3 is 4.79 Å². The van der Waals surface area contributed by atoms with Crippen molar-refractivity contribution in [1.29, 1.82) is 0 Å². The summed E-state index contributed by atoms with van der Waals surface area (Å²) in [4.78, 5) is 10.0. The molecule has 4 nitrogen and oxygen atoms in total. The van der Waals surface area contributed by atoms with Gasteiger partial charge >= 0.3 is 11.4 Å². The van der Waals surface area contributed by atoms with E-state index in [-0.39, 0.29) is 6.61 Å². The number of aldehydes is 1. The molecule has 0 aromatic rings. The first-order valence-corrected chi connectivity index (χ1v) is 11.4. The monoisotopic (exact) mass is 376 g/mol. The predicted molar refractivity (Wildman–Crippen MR) is 106 cm³/mol. The van der Waals surface area contributed by atoms with E-state index >= 15 is 0 Å². The number of rotatable bonds is 21. The highest BCUT2D eigenvalue weighted by Crippen LogP contribution is 2.13. The minimum absolute atomic E-state index is 0.175. The Morgan fingerprint density at radius 3 is 1.44 bits per heavy atom. The van der Waals surface area contributed by atoms with Crippen LogP contribution >= 0.6 is 0 Å². The van der Waals surface area contributed by atoms with E-state index in [9.17, 15) is 9.00 Å².